The molecule has 4 heterocycles. The lowest BCUT2D eigenvalue weighted by molar-refractivity contribution is -0.111. The van der Waals surface area contributed by atoms with Crippen LogP contribution in [0.15, 0.2) is 55.5 Å². The molecule has 0 unspecified atom stereocenters. The number of carbonyl (C=O) groups is 1. The van der Waals surface area contributed by atoms with Gasteiger partial charge in [0, 0.05) is 53.9 Å². The summed E-state index contributed by atoms with van der Waals surface area (Å²) in [6.07, 6.45) is 7.68. The summed E-state index contributed by atoms with van der Waals surface area (Å²) >= 11 is 0. The number of aryl methyl sites for hydroxylation is 2. The van der Waals surface area contributed by atoms with E-state index in [0.29, 0.717) is 5.82 Å². The fourth-order valence-corrected chi connectivity index (χ4v) is 3.12. The normalized spacial score (nSPS) is 10.9. The van der Waals surface area contributed by atoms with Crippen LogP contribution in [0.1, 0.15) is 12.6 Å². The van der Waals surface area contributed by atoms with Crippen molar-refractivity contribution in [3.8, 4) is 22.4 Å². The predicted octanol–water partition coefficient (Wildman–Crippen LogP) is 3.71. The summed E-state index contributed by atoms with van der Waals surface area (Å²) in [4.78, 5) is 23.7. The number of nitrogens with zero attached hydrogens (tertiary/aromatic N) is 4. The molecule has 7 nitrogen and oxygen atoms in total. The highest BCUT2D eigenvalue weighted by atomic mass is 16.1. The molecule has 0 aromatic carbocycles. The Morgan fingerprint density at radius 3 is 2.93 bits per heavy atom. The number of amides is 1. The van der Waals surface area contributed by atoms with E-state index < -0.39 is 0 Å². The van der Waals surface area contributed by atoms with Crippen LogP contribution in [-0.4, -0.2) is 30.6 Å². The first-order valence-electron chi connectivity index (χ1n) is 8.99. The van der Waals surface area contributed by atoms with Crippen molar-refractivity contribution in [2.75, 3.05) is 5.32 Å². The standard InChI is InChI=1S/C21H20N6O/c1-4-15-8-13(6-7-22-15)17-12-24-21-16(17)9-14(11-23-21)18-10-19(27(3)26-18)25-20(28)5-2/h5-12H,2,4H2,1,3H3,(H,23,24)(H,25,28). The van der Waals surface area contributed by atoms with E-state index in [-0.39, 0.29) is 5.91 Å². The van der Waals surface area contributed by atoms with Gasteiger partial charge in [-0.15, -0.1) is 0 Å². The van der Waals surface area contributed by atoms with Crippen LogP contribution in [0.2, 0.25) is 0 Å². The molecule has 0 saturated carbocycles. The molecule has 0 aliphatic carbocycles. The van der Waals surface area contributed by atoms with Gasteiger partial charge in [0.15, 0.2) is 0 Å². The Morgan fingerprint density at radius 2 is 2.14 bits per heavy atom. The van der Waals surface area contributed by atoms with Crippen molar-refractivity contribution in [3.05, 3.63) is 61.2 Å². The molecule has 1 amide bonds. The molecule has 2 N–H and O–H groups in total. The summed E-state index contributed by atoms with van der Waals surface area (Å²) in [5, 5.41) is 8.25. The number of aromatic nitrogens is 5. The SMILES string of the molecule is C=CC(=O)Nc1cc(-c2cnc3[nH]cc(-c4ccnc(CC)c4)c3c2)nn1C. The molecular formula is C21H20N6O. The topological polar surface area (TPSA) is 88.5 Å². The summed E-state index contributed by atoms with van der Waals surface area (Å²) < 4.78 is 1.62. The number of pyridine rings is 2. The predicted molar refractivity (Wildman–Crippen MR) is 110 cm³/mol. The van der Waals surface area contributed by atoms with Crippen molar-refractivity contribution in [2.24, 2.45) is 7.05 Å². The lowest BCUT2D eigenvalue weighted by Crippen LogP contribution is -2.10. The van der Waals surface area contributed by atoms with Crippen LogP contribution >= 0.6 is 0 Å². The minimum absolute atomic E-state index is 0.277. The zero-order valence-electron chi connectivity index (χ0n) is 15.7. The minimum Gasteiger partial charge on any atom is -0.346 e. The molecular weight excluding hydrogens is 352 g/mol. The van der Waals surface area contributed by atoms with Gasteiger partial charge >= 0.3 is 0 Å². The van der Waals surface area contributed by atoms with Crippen LogP contribution < -0.4 is 5.32 Å². The largest absolute Gasteiger partial charge is 0.346 e. The average Bonchev–Trinajstić information content (AvgIpc) is 3.31. The first-order valence-corrected chi connectivity index (χ1v) is 8.99. The highest BCUT2D eigenvalue weighted by Crippen LogP contribution is 2.31. The molecule has 4 aromatic heterocycles. The summed E-state index contributed by atoms with van der Waals surface area (Å²) in [6.45, 7) is 5.56. The summed E-state index contributed by atoms with van der Waals surface area (Å²) in [5.41, 5.74) is 5.61. The molecule has 140 valence electrons. The van der Waals surface area contributed by atoms with Crippen LogP contribution in [0, 0.1) is 0 Å². The number of fused-ring (bicyclic) bond motifs is 1. The zero-order valence-corrected chi connectivity index (χ0v) is 15.7. The Kier molecular flexibility index (Phi) is 4.49. The van der Waals surface area contributed by atoms with Gasteiger partial charge in [0.05, 0.1) is 5.69 Å². The van der Waals surface area contributed by atoms with E-state index in [4.69, 9.17) is 0 Å². The fourth-order valence-electron chi connectivity index (χ4n) is 3.12. The number of hydrogen-bond donors (Lipinski definition) is 2. The summed E-state index contributed by atoms with van der Waals surface area (Å²) in [6, 6.07) is 7.97. The molecule has 0 bridgehead atoms. The number of anilines is 1. The highest BCUT2D eigenvalue weighted by Gasteiger charge is 2.13. The van der Waals surface area contributed by atoms with E-state index in [1.165, 1.54) is 6.08 Å². The van der Waals surface area contributed by atoms with Crippen LogP contribution in [0.3, 0.4) is 0 Å². The zero-order chi connectivity index (χ0) is 19.7. The van der Waals surface area contributed by atoms with Gasteiger partial charge < -0.3 is 10.3 Å². The van der Waals surface area contributed by atoms with E-state index in [1.54, 1.807) is 17.9 Å². The van der Waals surface area contributed by atoms with Gasteiger partial charge in [-0.2, -0.15) is 5.10 Å². The van der Waals surface area contributed by atoms with Gasteiger partial charge in [-0.3, -0.25) is 14.5 Å². The molecule has 0 fully saturated rings. The van der Waals surface area contributed by atoms with Crippen molar-refractivity contribution in [3.63, 3.8) is 0 Å². The maximum atomic E-state index is 11.6. The summed E-state index contributed by atoms with van der Waals surface area (Å²) in [7, 11) is 1.78. The molecule has 28 heavy (non-hydrogen) atoms. The van der Waals surface area contributed by atoms with Crippen molar-refractivity contribution >= 4 is 22.8 Å². The first-order chi connectivity index (χ1) is 13.6. The second-order valence-corrected chi connectivity index (χ2v) is 6.44. The van der Waals surface area contributed by atoms with Crippen molar-refractivity contribution < 1.29 is 4.79 Å². The molecule has 0 saturated heterocycles. The molecule has 0 spiro atoms. The third kappa shape index (κ3) is 3.18. The lowest BCUT2D eigenvalue weighted by atomic mass is 10.0. The lowest BCUT2D eigenvalue weighted by Gasteiger charge is -2.03. The van der Waals surface area contributed by atoms with E-state index in [2.05, 4.69) is 51.0 Å². The number of rotatable bonds is 5. The van der Waals surface area contributed by atoms with Gasteiger partial charge in [0.2, 0.25) is 5.91 Å². The molecule has 0 atom stereocenters. The second kappa shape index (κ2) is 7.11. The van der Waals surface area contributed by atoms with Crippen molar-refractivity contribution in [1.29, 1.82) is 0 Å². The Morgan fingerprint density at radius 1 is 1.29 bits per heavy atom. The van der Waals surface area contributed by atoms with E-state index in [1.807, 2.05) is 24.5 Å². The molecule has 4 aromatic rings. The average molecular weight is 372 g/mol. The van der Waals surface area contributed by atoms with Gasteiger partial charge in [-0.1, -0.05) is 13.5 Å². The summed E-state index contributed by atoms with van der Waals surface area (Å²) in [5.74, 6) is 0.316. The third-order valence-corrected chi connectivity index (χ3v) is 4.63. The quantitative estimate of drug-likeness (QED) is 0.523. The number of nitrogens with one attached hydrogen (secondary N) is 2. The maximum Gasteiger partial charge on any atom is 0.248 e. The van der Waals surface area contributed by atoms with Gasteiger partial charge in [-0.25, -0.2) is 4.98 Å². The van der Waals surface area contributed by atoms with Crippen LogP contribution in [0.5, 0.6) is 0 Å². The van der Waals surface area contributed by atoms with E-state index >= 15 is 0 Å². The first kappa shape index (κ1) is 17.7. The van der Waals surface area contributed by atoms with Crippen LogP contribution in [0.25, 0.3) is 33.4 Å². The number of carbonyl (C=O) groups excluding carboxylic acids is 1. The van der Waals surface area contributed by atoms with E-state index in [9.17, 15) is 4.79 Å². The highest BCUT2D eigenvalue weighted by molar-refractivity contribution is 5.99. The number of H-pyrrole nitrogens is 1. The third-order valence-electron chi connectivity index (χ3n) is 4.63. The smallest absolute Gasteiger partial charge is 0.248 e. The molecule has 0 radical (unpaired) electrons. The van der Waals surface area contributed by atoms with Crippen molar-refractivity contribution in [2.45, 2.75) is 13.3 Å². The van der Waals surface area contributed by atoms with Crippen molar-refractivity contribution in [1.82, 2.24) is 24.7 Å². The molecule has 4 rings (SSSR count). The van der Waals surface area contributed by atoms with Crippen LogP contribution in [-0.2, 0) is 18.3 Å². The van der Waals surface area contributed by atoms with Crippen LogP contribution in [0.4, 0.5) is 5.82 Å². The fraction of sp³-hybridized carbons (Fsp3) is 0.143. The molecule has 0 aliphatic rings. The van der Waals surface area contributed by atoms with Gasteiger partial charge in [0.25, 0.3) is 0 Å². The monoisotopic (exact) mass is 372 g/mol. The van der Waals surface area contributed by atoms with E-state index in [0.717, 1.165) is 45.5 Å². The Hall–Kier alpha value is -3.74. The molecule has 0 aliphatic heterocycles. The van der Waals surface area contributed by atoms with Gasteiger partial charge in [-0.05, 0) is 36.3 Å². The second-order valence-electron chi connectivity index (χ2n) is 6.44. The Balaban J connectivity index is 1.77. The Bertz CT molecular complexity index is 1190. The molecule has 7 heteroatoms. The van der Waals surface area contributed by atoms with Gasteiger partial charge in [0.1, 0.15) is 11.5 Å². The Labute approximate surface area is 162 Å². The maximum absolute atomic E-state index is 11.6. The number of hydrogen-bond acceptors (Lipinski definition) is 4. The minimum atomic E-state index is -0.277. The number of aromatic amines is 1.